The smallest absolute Gasteiger partial charge is 0.224 e. The SMILES string of the molecule is COCCN1CCN(c2ccc(NC(=O)CCc3cccs3)cc2)CC1. The monoisotopic (exact) mass is 373 g/mol. The summed E-state index contributed by atoms with van der Waals surface area (Å²) in [4.78, 5) is 18.2. The van der Waals surface area contributed by atoms with Crippen LogP contribution in [0.2, 0.25) is 0 Å². The Balaban J connectivity index is 1.44. The van der Waals surface area contributed by atoms with Crippen LogP contribution in [0.3, 0.4) is 0 Å². The Morgan fingerprint density at radius 1 is 1.15 bits per heavy atom. The van der Waals surface area contributed by atoms with Gasteiger partial charge in [-0.3, -0.25) is 9.69 Å². The average molecular weight is 374 g/mol. The molecule has 0 bridgehead atoms. The fourth-order valence-electron chi connectivity index (χ4n) is 3.12. The van der Waals surface area contributed by atoms with Crippen LogP contribution in [-0.4, -0.2) is 57.2 Å². The molecule has 1 N–H and O–H groups in total. The molecule has 0 atom stereocenters. The maximum absolute atomic E-state index is 12.1. The number of nitrogens with one attached hydrogen (secondary N) is 1. The van der Waals surface area contributed by atoms with Crippen LogP contribution in [0, 0.1) is 0 Å². The molecule has 0 radical (unpaired) electrons. The standard InChI is InChI=1S/C20H27N3O2S/c1-25-15-14-22-10-12-23(13-11-22)18-6-4-17(5-7-18)21-20(24)9-8-19-3-2-16-26-19/h2-7,16H,8-15H2,1H3,(H,21,24). The summed E-state index contributed by atoms with van der Waals surface area (Å²) in [6, 6.07) is 12.3. The molecule has 1 aromatic carbocycles. The van der Waals surface area contributed by atoms with E-state index in [1.165, 1.54) is 10.6 Å². The second-order valence-corrected chi connectivity index (χ2v) is 7.53. The van der Waals surface area contributed by atoms with Crippen molar-refractivity contribution in [3.05, 3.63) is 46.7 Å². The Bertz CT molecular complexity index is 665. The summed E-state index contributed by atoms with van der Waals surface area (Å²) in [5, 5.41) is 5.03. The van der Waals surface area contributed by atoms with Gasteiger partial charge in [-0.25, -0.2) is 0 Å². The van der Waals surface area contributed by atoms with Crippen molar-refractivity contribution in [3.8, 4) is 0 Å². The number of methoxy groups -OCH3 is 1. The number of hydrogen-bond acceptors (Lipinski definition) is 5. The molecular formula is C20H27N3O2S. The van der Waals surface area contributed by atoms with Gasteiger partial charge in [0.15, 0.2) is 0 Å². The van der Waals surface area contributed by atoms with Gasteiger partial charge in [0.1, 0.15) is 0 Å². The van der Waals surface area contributed by atoms with Crippen LogP contribution in [0.4, 0.5) is 11.4 Å². The second-order valence-electron chi connectivity index (χ2n) is 6.50. The topological polar surface area (TPSA) is 44.8 Å². The minimum absolute atomic E-state index is 0.0675. The van der Waals surface area contributed by atoms with Gasteiger partial charge >= 0.3 is 0 Å². The van der Waals surface area contributed by atoms with E-state index in [1.54, 1.807) is 18.4 Å². The van der Waals surface area contributed by atoms with Gasteiger partial charge in [0.25, 0.3) is 0 Å². The van der Waals surface area contributed by atoms with Gasteiger partial charge < -0.3 is 15.0 Å². The predicted octanol–water partition coefficient (Wildman–Crippen LogP) is 3.09. The second kappa shape index (κ2) is 9.71. The maximum atomic E-state index is 12.1. The highest BCUT2D eigenvalue weighted by atomic mass is 32.1. The van der Waals surface area contributed by atoms with Crippen molar-refractivity contribution in [2.45, 2.75) is 12.8 Å². The molecule has 1 aromatic heterocycles. The fraction of sp³-hybridized carbons (Fsp3) is 0.450. The zero-order valence-corrected chi connectivity index (χ0v) is 16.1. The van der Waals surface area contributed by atoms with Crippen LogP contribution in [0.1, 0.15) is 11.3 Å². The summed E-state index contributed by atoms with van der Waals surface area (Å²) in [7, 11) is 1.75. The van der Waals surface area contributed by atoms with E-state index in [1.807, 2.05) is 23.6 Å². The number of aryl methyl sites for hydroxylation is 1. The molecule has 3 rings (SSSR count). The maximum Gasteiger partial charge on any atom is 0.224 e. The van der Waals surface area contributed by atoms with Crippen molar-refractivity contribution in [1.29, 1.82) is 0 Å². The van der Waals surface area contributed by atoms with Gasteiger partial charge in [0, 0.05) is 62.5 Å². The molecule has 140 valence electrons. The summed E-state index contributed by atoms with van der Waals surface area (Å²) >= 11 is 1.70. The molecule has 0 spiro atoms. The number of nitrogens with zero attached hydrogens (tertiary/aromatic N) is 2. The van der Waals surface area contributed by atoms with Crippen molar-refractivity contribution in [3.63, 3.8) is 0 Å². The first kappa shape index (κ1) is 18.9. The molecule has 0 saturated carbocycles. The first-order chi connectivity index (χ1) is 12.7. The van der Waals surface area contributed by atoms with E-state index >= 15 is 0 Å². The number of piperazine rings is 1. The number of carbonyl (C=O) groups excluding carboxylic acids is 1. The summed E-state index contributed by atoms with van der Waals surface area (Å²) in [6.07, 6.45) is 1.32. The Hall–Kier alpha value is -1.89. The number of amides is 1. The third-order valence-corrected chi connectivity index (χ3v) is 5.61. The molecule has 2 aromatic rings. The number of benzene rings is 1. The summed E-state index contributed by atoms with van der Waals surface area (Å²) in [5.41, 5.74) is 2.08. The van der Waals surface area contributed by atoms with Gasteiger partial charge in [-0.2, -0.15) is 0 Å². The molecule has 6 heteroatoms. The number of rotatable bonds is 8. The van der Waals surface area contributed by atoms with Gasteiger partial charge in [0.2, 0.25) is 5.91 Å². The minimum Gasteiger partial charge on any atom is -0.383 e. The van der Waals surface area contributed by atoms with Crippen LogP contribution in [0.15, 0.2) is 41.8 Å². The number of ether oxygens (including phenoxy) is 1. The fourth-order valence-corrected chi connectivity index (χ4v) is 3.83. The molecule has 1 fully saturated rings. The quantitative estimate of drug-likeness (QED) is 0.772. The molecule has 0 aliphatic carbocycles. The van der Waals surface area contributed by atoms with Crippen molar-refractivity contribution in [1.82, 2.24) is 4.90 Å². The average Bonchev–Trinajstić information content (AvgIpc) is 3.19. The summed E-state index contributed by atoms with van der Waals surface area (Å²) in [5.74, 6) is 0.0675. The molecule has 0 unspecified atom stereocenters. The Morgan fingerprint density at radius 2 is 1.92 bits per heavy atom. The molecule has 1 saturated heterocycles. The summed E-state index contributed by atoms with van der Waals surface area (Å²) < 4.78 is 5.15. The number of carbonyl (C=O) groups is 1. The number of hydrogen-bond donors (Lipinski definition) is 1. The molecular weight excluding hydrogens is 346 g/mol. The van der Waals surface area contributed by atoms with Crippen molar-refractivity contribution >= 4 is 28.6 Å². The predicted molar refractivity (Wildman–Crippen MR) is 108 cm³/mol. The van der Waals surface area contributed by atoms with E-state index in [0.717, 1.165) is 51.4 Å². The molecule has 5 nitrogen and oxygen atoms in total. The van der Waals surface area contributed by atoms with Crippen LogP contribution in [-0.2, 0) is 16.0 Å². The van der Waals surface area contributed by atoms with Gasteiger partial charge in [-0.15, -0.1) is 11.3 Å². The van der Waals surface area contributed by atoms with E-state index < -0.39 is 0 Å². The van der Waals surface area contributed by atoms with Crippen molar-refractivity contribution in [2.75, 3.05) is 56.7 Å². The third-order valence-electron chi connectivity index (χ3n) is 4.68. The van der Waals surface area contributed by atoms with Crippen LogP contribution < -0.4 is 10.2 Å². The van der Waals surface area contributed by atoms with Crippen LogP contribution >= 0.6 is 11.3 Å². The number of thiophene rings is 1. The largest absolute Gasteiger partial charge is 0.383 e. The minimum atomic E-state index is 0.0675. The van der Waals surface area contributed by atoms with Crippen molar-refractivity contribution < 1.29 is 9.53 Å². The van der Waals surface area contributed by atoms with Gasteiger partial charge in [-0.1, -0.05) is 6.07 Å². The highest BCUT2D eigenvalue weighted by Crippen LogP contribution is 2.20. The molecule has 2 heterocycles. The molecule has 26 heavy (non-hydrogen) atoms. The highest BCUT2D eigenvalue weighted by Gasteiger charge is 2.16. The lowest BCUT2D eigenvalue weighted by Gasteiger charge is -2.36. The number of anilines is 2. The lowest BCUT2D eigenvalue weighted by Crippen LogP contribution is -2.47. The van der Waals surface area contributed by atoms with Crippen LogP contribution in [0.5, 0.6) is 0 Å². The zero-order valence-electron chi connectivity index (χ0n) is 15.3. The van der Waals surface area contributed by atoms with Crippen molar-refractivity contribution in [2.24, 2.45) is 0 Å². The lowest BCUT2D eigenvalue weighted by molar-refractivity contribution is -0.116. The Morgan fingerprint density at radius 3 is 2.58 bits per heavy atom. The van der Waals surface area contributed by atoms with Gasteiger partial charge in [0.05, 0.1) is 6.61 Å². The van der Waals surface area contributed by atoms with E-state index in [0.29, 0.717) is 6.42 Å². The zero-order chi connectivity index (χ0) is 18.2. The summed E-state index contributed by atoms with van der Waals surface area (Å²) in [6.45, 7) is 5.96. The lowest BCUT2D eigenvalue weighted by atomic mass is 10.2. The molecule has 1 aliphatic rings. The Labute approximate surface area is 159 Å². The van der Waals surface area contributed by atoms with E-state index in [4.69, 9.17) is 4.74 Å². The first-order valence-corrected chi connectivity index (χ1v) is 10.0. The van der Waals surface area contributed by atoms with E-state index in [-0.39, 0.29) is 5.91 Å². The van der Waals surface area contributed by atoms with Gasteiger partial charge in [-0.05, 0) is 42.1 Å². The molecule has 1 aliphatic heterocycles. The first-order valence-electron chi connectivity index (χ1n) is 9.13. The molecule has 1 amide bonds. The van der Waals surface area contributed by atoms with Crippen LogP contribution in [0.25, 0.3) is 0 Å². The third kappa shape index (κ3) is 5.56. The highest BCUT2D eigenvalue weighted by molar-refractivity contribution is 7.09. The normalized spacial score (nSPS) is 15.2. The Kier molecular flexibility index (Phi) is 7.05. The van der Waals surface area contributed by atoms with E-state index in [2.05, 4.69) is 33.3 Å². The van der Waals surface area contributed by atoms with E-state index in [9.17, 15) is 4.79 Å².